The van der Waals surface area contributed by atoms with Crippen molar-refractivity contribution in [1.29, 1.82) is 0 Å². The lowest BCUT2D eigenvalue weighted by Crippen LogP contribution is -2.26. The van der Waals surface area contributed by atoms with Gasteiger partial charge in [0.2, 0.25) is 11.6 Å². The van der Waals surface area contributed by atoms with Crippen molar-refractivity contribution in [2.45, 2.75) is 52.7 Å². The van der Waals surface area contributed by atoms with Crippen LogP contribution < -0.4 is 9.47 Å². The lowest BCUT2D eigenvalue weighted by atomic mass is 10.0. The molecule has 2 aromatic rings. The Morgan fingerprint density at radius 2 is 1.31 bits per heavy atom. The van der Waals surface area contributed by atoms with E-state index in [-0.39, 0.29) is 11.6 Å². The number of carboxylic acid groups (broad SMARTS) is 3. The van der Waals surface area contributed by atoms with E-state index >= 15 is 0 Å². The molecule has 0 amide bonds. The molecule has 0 unspecified atom stereocenters. The minimum atomic E-state index is -1.76. The lowest BCUT2D eigenvalue weighted by molar-refractivity contribution is 0.0633. The standard InChI is InChI=1S/C19H23NO9/c1-18(2,3)28-13-12(21)11-10(17(26)27)9(16(24)25)8(15(22)23)7-20(11)14(13)29-19(4,5)6/h7,21H,1-6H3,(H,22,23)(H,24,25)(H,26,27). The Labute approximate surface area is 165 Å². The Morgan fingerprint density at radius 1 is 0.828 bits per heavy atom. The van der Waals surface area contributed by atoms with Gasteiger partial charge in [-0.05, 0) is 41.5 Å². The summed E-state index contributed by atoms with van der Waals surface area (Å²) in [5, 5.41) is 39.3. The highest BCUT2D eigenvalue weighted by molar-refractivity contribution is 6.13. The van der Waals surface area contributed by atoms with Crippen molar-refractivity contribution in [3.63, 3.8) is 0 Å². The number of nitrogens with zero attached hydrogens (tertiary/aromatic N) is 1. The second kappa shape index (κ2) is 6.87. The van der Waals surface area contributed by atoms with Crippen LogP contribution in [-0.4, -0.2) is 53.9 Å². The van der Waals surface area contributed by atoms with Crippen molar-refractivity contribution < 1.29 is 44.3 Å². The van der Waals surface area contributed by atoms with Gasteiger partial charge in [0.25, 0.3) is 0 Å². The van der Waals surface area contributed by atoms with E-state index in [1.54, 1.807) is 41.5 Å². The Balaban J connectivity index is 3.14. The molecular weight excluding hydrogens is 386 g/mol. The fourth-order valence-electron chi connectivity index (χ4n) is 2.72. The average molecular weight is 409 g/mol. The number of aromatic hydroxyl groups is 1. The molecule has 0 saturated heterocycles. The fourth-order valence-corrected chi connectivity index (χ4v) is 2.72. The zero-order valence-corrected chi connectivity index (χ0v) is 16.9. The number of ether oxygens (including phenoxy) is 2. The van der Waals surface area contributed by atoms with Crippen molar-refractivity contribution in [3.8, 4) is 17.4 Å². The van der Waals surface area contributed by atoms with Crippen molar-refractivity contribution in [2.75, 3.05) is 0 Å². The van der Waals surface area contributed by atoms with E-state index in [4.69, 9.17) is 9.47 Å². The first-order valence-corrected chi connectivity index (χ1v) is 8.57. The fraction of sp³-hybridized carbons (Fsp3) is 0.421. The number of fused-ring (bicyclic) bond motifs is 1. The van der Waals surface area contributed by atoms with Crippen molar-refractivity contribution >= 4 is 23.4 Å². The maximum Gasteiger partial charge on any atom is 0.338 e. The molecule has 0 aliphatic rings. The minimum Gasteiger partial charge on any atom is -0.503 e. The summed E-state index contributed by atoms with van der Waals surface area (Å²) < 4.78 is 12.6. The number of hydrogen-bond acceptors (Lipinski definition) is 6. The van der Waals surface area contributed by atoms with E-state index in [1.807, 2.05) is 0 Å². The molecule has 158 valence electrons. The normalized spacial score (nSPS) is 12.1. The van der Waals surface area contributed by atoms with Gasteiger partial charge in [-0.2, -0.15) is 0 Å². The second-order valence-corrected chi connectivity index (χ2v) is 8.34. The van der Waals surface area contributed by atoms with Crippen molar-refractivity contribution in [1.82, 2.24) is 4.40 Å². The van der Waals surface area contributed by atoms with Crippen LogP contribution >= 0.6 is 0 Å². The van der Waals surface area contributed by atoms with Crippen LogP contribution in [0.25, 0.3) is 5.52 Å². The highest BCUT2D eigenvalue weighted by Gasteiger charge is 2.35. The summed E-state index contributed by atoms with van der Waals surface area (Å²) in [5.41, 5.74) is -4.76. The van der Waals surface area contributed by atoms with Gasteiger partial charge in [0.05, 0.1) is 11.1 Å². The van der Waals surface area contributed by atoms with Gasteiger partial charge in [-0.15, -0.1) is 0 Å². The molecule has 2 rings (SSSR count). The molecule has 2 aromatic heterocycles. The van der Waals surface area contributed by atoms with Crippen molar-refractivity contribution in [2.24, 2.45) is 0 Å². The first-order chi connectivity index (χ1) is 13.0. The molecule has 29 heavy (non-hydrogen) atoms. The summed E-state index contributed by atoms with van der Waals surface area (Å²) in [6.07, 6.45) is 0.893. The van der Waals surface area contributed by atoms with E-state index in [9.17, 15) is 34.8 Å². The molecule has 0 atom stereocenters. The number of carboxylic acids is 3. The monoisotopic (exact) mass is 409 g/mol. The summed E-state index contributed by atoms with van der Waals surface area (Å²) in [5.74, 6) is -6.20. The molecule has 0 radical (unpaired) electrons. The molecule has 0 spiro atoms. The molecule has 0 aliphatic carbocycles. The van der Waals surface area contributed by atoms with Gasteiger partial charge < -0.3 is 29.9 Å². The van der Waals surface area contributed by atoms with Crippen LogP contribution in [0.1, 0.15) is 72.6 Å². The first kappa shape index (κ1) is 21.9. The molecule has 2 heterocycles. The average Bonchev–Trinajstić information content (AvgIpc) is 2.75. The quantitative estimate of drug-likeness (QED) is 0.583. The predicted octanol–water partition coefficient (Wildman–Crippen LogP) is 3.09. The van der Waals surface area contributed by atoms with Crippen LogP contribution in [0.4, 0.5) is 0 Å². The Kier molecular flexibility index (Phi) is 5.18. The predicted molar refractivity (Wildman–Crippen MR) is 101 cm³/mol. The first-order valence-electron chi connectivity index (χ1n) is 8.57. The summed E-state index contributed by atoms with van der Waals surface area (Å²) >= 11 is 0. The van der Waals surface area contributed by atoms with E-state index in [1.165, 1.54) is 0 Å². The summed E-state index contributed by atoms with van der Waals surface area (Å²) in [7, 11) is 0. The van der Waals surface area contributed by atoms with Gasteiger partial charge >= 0.3 is 17.9 Å². The SMILES string of the molecule is CC(C)(C)Oc1c(O)c2c(C(=O)O)c(C(=O)O)c(C(=O)O)cn2c1OC(C)(C)C. The highest BCUT2D eigenvalue weighted by atomic mass is 16.6. The zero-order chi connectivity index (χ0) is 22.5. The molecule has 0 aromatic carbocycles. The smallest absolute Gasteiger partial charge is 0.338 e. The third-order valence-corrected chi connectivity index (χ3v) is 3.58. The van der Waals surface area contributed by atoms with Gasteiger partial charge in [-0.3, -0.25) is 4.40 Å². The van der Waals surface area contributed by atoms with Crippen LogP contribution in [0.2, 0.25) is 0 Å². The molecule has 0 fully saturated rings. The summed E-state index contributed by atoms with van der Waals surface area (Å²) in [6.45, 7) is 10.1. The summed E-state index contributed by atoms with van der Waals surface area (Å²) in [4.78, 5) is 35.2. The number of hydrogen-bond donors (Lipinski definition) is 4. The van der Waals surface area contributed by atoms with Gasteiger partial charge in [-0.25, -0.2) is 14.4 Å². The van der Waals surface area contributed by atoms with Crippen LogP contribution in [0.15, 0.2) is 6.20 Å². The largest absolute Gasteiger partial charge is 0.503 e. The molecular formula is C19H23NO9. The topological polar surface area (TPSA) is 155 Å². The van der Waals surface area contributed by atoms with Crippen LogP contribution in [0.5, 0.6) is 17.4 Å². The molecule has 4 N–H and O–H groups in total. The van der Waals surface area contributed by atoms with Crippen molar-refractivity contribution in [3.05, 3.63) is 22.9 Å². The maximum absolute atomic E-state index is 11.9. The molecule has 10 nitrogen and oxygen atoms in total. The molecule has 0 bridgehead atoms. The van der Waals surface area contributed by atoms with Gasteiger partial charge in [0, 0.05) is 6.20 Å². The molecule has 0 aliphatic heterocycles. The third-order valence-electron chi connectivity index (χ3n) is 3.58. The number of aromatic carboxylic acids is 3. The molecule has 0 saturated carbocycles. The van der Waals surface area contributed by atoms with Gasteiger partial charge in [0.15, 0.2) is 5.75 Å². The lowest BCUT2D eigenvalue weighted by Gasteiger charge is -2.25. The minimum absolute atomic E-state index is 0.151. The third kappa shape index (κ3) is 4.20. The zero-order valence-electron chi connectivity index (χ0n) is 16.9. The van der Waals surface area contributed by atoms with E-state index < -0.39 is 57.1 Å². The van der Waals surface area contributed by atoms with Gasteiger partial charge in [-0.1, -0.05) is 0 Å². The maximum atomic E-state index is 11.9. The number of aromatic nitrogens is 1. The van der Waals surface area contributed by atoms with E-state index in [0.29, 0.717) is 0 Å². The van der Waals surface area contributed by atoms with Gasteiger partial charge in [0.1, 0.15) is 22.3 Å². The number of pyridine rings is 1. The second-order valence-electron chi connectivity index (χ2n) is 8.34. The van der Waals surface area contributed by atoms with Crippen LogP contribution in [0, 0.1) is 0 Å². The number of rotatable bonds is 5. The van der Waals surface area contributed by atoms with Crippen LogP contribution in [0.3, 0.4) is 0 Å². The highest BCUT2D eigenvalue weighted by Crippen LogP contribution is 2.47. The van der Waals surface area contributed by atoms with E-state index in [0.717, 1.165) is 10.6 Å². The Morgan fingerprint density at radius 3 is 1.69 bits per heavy atom. The Hall–Kier alpha value is -3.43. The number of carbonyl (C=O) groups is 3. The van der Waals surface area contributed by atoms with E-state index in [2.05, 4.69) is 0 Å². The Bertz CT molecular complexity index is 1020. The van der Waals surface area contributed by atoms with Crippen LogP contribution in [-0.2, 0) is 0 Å². The summed E-state index contributed by atoms with van der Waals surface area (Å²) in [6, 6.07) is 0. The molecule has 10 heteroatoms.